The standard InChI is InChI=1S/C16H16FNO3/c17-13-4-2-1-3-12(13)9-19-14-8-16-15(20-10-21-16)7-11(14)5-6-18/h1-4,7-8H,5-6,9-10,18H2. The summed E-state index contributed by atoms with van der Waals surface area (Å²) in [5.74, 6) is 1.70. The molecule has 0 radical (unpaired) electrons. The second kappa shape index (κ2) is 6.01. The van der Waals surface area contributed by atoms with Crippen LogP contribution in [0.25, 0.3) is 0 Å². The van der Waals surface area contributed by atoms with Gasteiger partial charge in [0.25, 0.3) is 0 Å². The van der Waals surface area contributed by atoms with Crippen LogP contribution in [0.15, 0.2) is 36.4 Å². The van der Waals surface area contributed by atoms with Crippen molar-refractivity contribution >= 4 is 0 Å². The van der Waals surface area contributed by atoms with E-state index in [1.54, 1.807) is 24.3 Å². The lowest BCUT2D eigenvalue weighted by Gasteiger charge is -2.12. The number of halogens is 1. The highest BCUT2D eigenvalue weighted by Gasteiger charge is 2.18. The fraction of sp³-hybridized carbons (Fsp3) is 0.250. The summed E-state index contributed by atoms with van der Waals surface area (Å²) in [6.07, 6.45) is 0.656. The van der Waals surface area contributed by atoms with Gasteiger partial charge in [-0.05, 0) is 30.7 Å². The van der Waals surface area contributed by atoms with Crippen LogP contribution >= 0.6 is 0 Å². The quantitative estimate of drug-likeness (QED) is 0.919. The minimum absolute atomic E-state index is 0.157. The van der Waals surface area contributed by atoms with E-state index >= 15 is 0 Å². The van der Waals surface area contributed by atoms with Crippen molar-refractivity contribution < 1.29 is 18.6 Å². The third-order valence-electron chi connectivity index (χ3n) is 3.31. The van der Waals surface area contributed by atoms with Crippen LogP contribution in [-0.4, -0.2) is 13.3 Å². The van der Waals surface area contributed by atoms with Gasteiger partial charge in [0.05, 0.1) is 0 Å². The van der Waals surface area contributed by atoms with Crippen molar-refractivity contribution in [2.75, 3.05) is 13.3 Å². The Kier molecular flexibility index (Phi) is 3.92. The van der Waals surface area contributed by atoms with Crippen molar-refractivity contribution in [3.63, 3.8) is 0 Å². The second-order valence-electron chi connectivity index (χ2n) is 4.73. The van der Waals surface area contributed by atoms with Gasteiger partial charge in [-0.25, -0.2) is 4.39 Å². The topological polar surface area (TPSA) is 53.7 Å². The van der Waals surface area contributed by atoms with Gasteiger partial charge in [-0.2, -0.15) is 0 Å². The van der Waals surface area contributed by atoms with E-state index in [0.717, 1.165) is 5.56 Å². The molecule has 0 atom stereocenters. The second-order valence-corrected chi connectivity index (χ2v) is 4.73. The van der Waals surface area contributed by atoms with Crippen molar-refractivity contribution in [3.8, 4) is 17.2 Å². The first kappa shape index (κ1) is 13.7. The van der Waals surface area contributed by atoms with Crippen LogP contribution < -0.4 is 19.9 Å². The first-order valence-electron chi connectivity index (χ1n) is 6.76. The molecule has 0 saturated carbocycles. The molecule has 0 bridgehead atoms. The fourth-order valence-electron chi connectivity index (χ4n) is 2.22. The zero-order chi connectivity index (χ0) is 14.7. The molecule has 5 heteroatoms. The van der Waals surface area contributed by atoms with Crippen LogP contribution in [0.2, 0.25) is 0 Å². The van der Waals surface area contributed by atoms with Crippen molar-refractivity contribution in [2.45, 2.75) is 13.0 Å². The summed E-state index contributed by atoms with van der Waals surface area (Å²) in [5.41, 5.74) is 7.06. The highest BCUT2D eigenvalue weighted by atomic mass is 19.1. The van der Waals surface area contributed by atoms with Crippen LogP contribution in [0.4, 0.5) is 4.39 Å². The van der Waals surface area contributed by atoms with Crippen molar-refractivity contribution in [2.24, 2.45) is 5.73 Å². The Labute approximate surface area is 122 Å². The number of rotatable bonds is 5. The molecule has 1 aliphatic rings. The molecule has 4 nitrogen and oxygen atoms in total. The van der Waals surface area contributed by atoms with Crippen LogP contribution in [0.5, 0.6) is 17.2 Å². The molecule has 0 fully saturated rings. The molecule has 0 saturated heterocycles. The third-order valence-corrected chi connectivity index (χ3v) is 3.31. The average Bonchev–Trinajstić information content (AvgIpc) is 2.94. The molecule has 0 spiro atoms. The predicted molar refractivity (Wildman–Crippen MR) is 76.1 cm³/mol. The van der Waals surface area contributed by atoms with E-state index in [9.17, 15) is 4.39 Å². The molecule has 0 unspecified atom stereocenters. The molecule has 0 aliphatic carbocycles. The molecule has 110 valence electrons. The van der Waals surface area contributed by atoms with Gasteiger partial charge in [0, 0.05) is 11.6 Å². The van der Waals surface area contributed by atoms with Gasteiger partial charge >= 0.3 is 0 Å². The maximum Gasteiger partial charge on any atom is 0.231 e. The SMILES string of the molecule is NCCc1cc2c(cc1OCc1ccccc1F)OCO2. The molecule has 1 aliphatic heterocycles. The molecular weight excluding hydrogens is 273 g/mol. The molecule has 2 aromatic carbocycles. The zero-order valence-electron chi connectivity index (χ0n) is 11.5. The summed E-state index contributed by atoms with van der Waals surface area (Å²) in [4.78, 5) is 0. The molecule has 0 aromatic heterocycles. The van der Waals surface area contributed by atoms with Crippen molar-refractivity contribution in [3.05, 3.63) is 53.3 Å². The molecule has 2 aromatic rings. The van der Waals surface area contributed by atoms with Crippen molar-refractivity contribution in [1.82, 2.24) is 0 Å². The number of hydrogen-bond donors (Lipinski definition) is 1. The third kappa shape index (κ3) is 2.92. The summed E-state index contributed by atoms with van der Waals surface area (Å²) in [6, 6.07) is 10.2. The monoisotopic (exact) mass is 289 g/mol. The van der Waals surface area contributed by atoms with Gasteiger partial charge in [0.1, 0.15) is 18.2 Å². The number of nitrogens with two attached hydrogens (primary N) is 1. The summed E-state index contributed by atoms with van der Waals surface area (Å²) in [6.45, 7) is 0.855. The van der Waals surface area contributed by atoms with Gasteiger partial charge in [0.15, 0.2) is 11.5 Å². The van der Waals surface area contributed by atoms with Crippen LogP contribution in [-0.2, 0) is 13.0 Å². The average molecular weight is 289 g/mol. The van der Waals surface area contributed by atoms with E-state index < -0.39 is 0 Å². The van der Waals surface area contributed by atoms with Gasteiger partial charge in [-0.15, -0.1) is 0 Å². The van der Waals surface area contributed by atoms with E-state index in [1.807, 2.05) is 6.07 Å². The number of hydrogen-bond acceptors (Lipinski definition) is 4. The molecule has 2 N–H and O–H groups in total. The van der Waals surface area contributed by atoms with E-state index in [1.165, 1.54) is 6.07 Å². The largest absolute Gasteiger partial charge is 0.488 e. The molecular formula is C16H16FNO3. The smallest absolute Gasteiger partial charge is 0.231 e. The van der Waals surface area contributed by atoms with E-state index in [2.05, 4.69) is 0 Å². The fourth-order valence-corrected chi connectivity index (χ4v) is 2.22. The summed E-state index contributed by atoms with van der Waals surface area (Å²) >= 11 is 0. The summed E-state index contributed by atoms with van der Waals surface area (Å²) in [7, 11) is 0. The lowest BCUT2D eigenvalue weighted by atomic mass is 10.1. The van der Waals surface area contributed by atoms with Crippen molar-refractivity contribution in [1.29, 1.82) is 0 Å². The van der Waals surface area contributed by atoms with Gasteiger partial charge in [0.2, 0.25) is 6.79 Å². The Morgan fingerprint density at radius 2 is 1.86 bits per heavy atom. The molecule has 0 amide bonds. The van der Waals surface area contributed by atoms with Crippen LogP contribution in [0.1, 0.15) is 11.1 Å². The van der Waals surface area contributed by atoms with E-state index in [4.69, 9.17) is 19.9 Å². The first-order valence-corrected chi connectivity index (χ1v) is 6.76. The highest BCUT2D eigenvalue weighted by molar-refractivity contribution is 5.52. The Hall–Kier alpha value is -2.27. The maximum absolute atomic E-state index is 13.6. The highest BCUT2D eigenvalue weighted by Crippen LogP contribution is 2.38. The number of benzene rings is 2. The lowest BCUT2D eigenvalue weighted by molar-refractivity contribution is 0.173. The minimum Gasteiger partial charge on any atom is -0.488 e. The molecule has 21 heavy (non-hydrogen) atoms. The zero-order valence-corrected chi connectivity index (χ0v) is 11.5. The molecule has 3 rings (SSSR count). The van der Waals surface area contributed by atoms with Gasteiger partial charge in [-0.1, -0.05) is 18.2 Å². The minimum atomic E-state index is -0.279. The van der Waals surface area contributed by atoms with Crippen LogP contribution in [0, 0.1) is 5.82 Å². The van der Waals surface area contributed by atoms with Crippen LogP contribution in [0.3, 0.4) is 0 Å². The van der Waals surface area contributed by atoms with E-state index in [0.29, 0.717) is 35.8 Å². The first-order chi connectivity index (χ1) is 10.3. The Morgan fingerprint density at radius 1 is 1.10 bits per heavy atom. The normalized spacial score (nSPS) is 12.5. The summed E-state index contributed by atoms with van der Waals surface area (Å²) < 4.78 is 30.1. The maximum atomic E-state index is 13.6. The van der Waals surface area contributed by atoms with Gasteiger partial charge < -0.3 is 19.9 Å². The van der Waals surface area contributed by atoms with Gasteiger partial charge in [-0.3, -0.25) is 0 Å². The number of ether oxygens (including phenoxy) is 3. The van der Waals surface area contributed by atoms with E-state index in [-0.39, 0.29) is 19.2 Å². The Morgan fingerprint density at radius 3 is 2.62 bits per heavy atom. The molecule has 1 heterocycles. The number of fused-ring (bicyclic) bond motifs is 1. The lowest BCUT2D eigenvalue weighted by Crippen LogP contribution is -2.06. The Balaban J connectivity index is 1.82. The summed E-state index contributed by atoms with van der Waals surface area (Å²) in [5, 5.41) is 0. The predicted octanol–water partition coefficient (Wildman–Crippen LogP) is 2.63. The Bertz CT molecular complexity index is 645.